The lowest BCUT2D eigenvalue weighted by molar-refractivity contribution is -0.182. The van der Waals surface area contributed by atoms with E-state index in [1.807, 2.05) is 13.0 Å². The van der Waals surface area contributed by atoms with Gasteiger partial charge in [0.15, 0.2) is 0 Å². The highest BCUT2D eigenvalue weighted by atomic mass is 19.3. The van der Waals surface area contributed by atoms with Gasteiger partial charge in [0.1, 0.15) is 18.0 Å². The fourth-order valence-corrected chi connectivity index (χ4v) is 4.52. The van der Waals surface area contributed by atoms with Crippen molar-refractivity contribution in [2.24, 2.45) is 0 Å². The van der Waals surface area contributed by atoms with Gasteiger partial charge in [-0.05, 0) is 12.5 Å². The quantitative estimate of drug-likeness (QED) is 0.468. The molecular formula is C25H28F2N8O2. The number of aromatic nitrogens is 5. The molecule has 3 aliphatic rings. The van der Waals surface area contributed by atoms with Crippen molar-refractivity contribution in [2.45, 2.75) is 58.3 Å². The van der Waals surface area contributed by atoms with Gasteiger partial charge in [-0.25, -0.2) is 24.9 Å². The number of carbonyl (C=O) groups is 1. The normalized spacial score (nSPS) is 19.3. The summed E-state index contributed by atoms with van der Waals surface area (Å²) in [7, 11) is 0. The van der Waals surface area contributed by atoms with Crippen LogP contribution in [0.1, 0.15) is 44.4 Å². The molecule has 0 aliphatic carbocycles. The predicted molar refractivity (Wildman–Crippen MR) is 132 cm³/mol. The molecule has 37 heavy (non-hydrogen) atoms. The van der Waals surface area contributed by atoms with E-state index in [0.717, 1.165) is 32.1 Å². The van der Waals surface area contributed by atoms with Crippen molar-refractivity contribution in [3.8, 4) is 11.3 Å². The molecular weight excluding hydrogens is 482 g/mol. The third kappa shape index (κ3) is 5.86. The summed E-state index contributed by atoms with van der Waals surface area (Å²) in [5.74, 6) is -3.56. The molecule has 3 aromatic heterocycles. The average molecular weight is 511 g/mol. The zero-order valence-electron chi connectivity index (χ0n) is 20.8. The van der Waals surface area contributed by atoms with Gasteiger partial charge in [0, 0.05) is 69.5 Å². The van der Waals surface area contributed by atoms with Crippen molar-refractivity contribution < 1.29 is 18.3 Å². The fourth-order valence-electron chi connectivity index (χ4n) is 4.52. The summed E-state index contributed by atoms with van der Waals surface area (Å²) in [6.07, 6.45) is 5.22. The molecule has 2 N–H and O–H groups in total. The first kappa shape index (κ1) is 25.0. The maximum absolute atomic E-state index is 14.1. The molecule has 6 heterocycles. The van der Waals surface area contributed by atoms with Crippen LogP contribution in [0.15, 0.2) is 30.7 Å². The molecule has 3 fully saturated rings. The minimum Gasteiger partial charge on any atom is -0.372 e. The van der Waals surface area contributed by atoms with E-state index < -0.39 is 11.7 Å². The summed E-state index contributed by atoms with van der Waals surface area (Å²) in [5, 5.41) is 5.77. The topological polar surface area (TPSA) is 118 Å². The molecule has 0 spiro atoms. The van der Waals surface area contributed by atoms with Gasteiger partial charge in [-0.15, -0.1) is 0 Å². The minimum absolute atomic E-state index is 0.200. The number of aryl methyl sites for hydroxylation is 1. The van der Waals surface area contributed by atoms with Crippen LogP contribution in [0.5, 0.6) is 0 Å². The second-order valence-corrected chi connectivity index (χ2v) is 9.44. The Morgan fingerprint density at radius 1 is 1.11 bits per heavy atom. The third-order valence-electron chi connectivity index (χ3n) is 6.22. The molecule has 6 rings (SSSR count). The fraction of sp³-hybridized carbons (Fsp3) is 0.440. The molecule has 0 aromatic carbocycles. The van der Waals surface area contributed by atoms with Crippen molar-refractivity contribution in [3.63, 3.8) is 0 Å². The van der Waals surface area contributed by atoms with Gasteiger partial charge < -0.3 is 15.4 Å². The number of fused-ring (bicyclic) bond motifs is 2. The molecule has 2 bridgehead atoms. The van der Waals surface area contributed by atoms with E-state index in [1.165, 1.54) is 13.3 Å². The molecule has 0 unspecified atom stereocenters. The number of anilines is 3. The monoisotopic (exact) mass is 510 g/mol. The number of alkyl halides is 2. The number of carbonyl (C=O) groups excluding carboxylic acids is 1. The number of amides is 1. The number of morpholine rings is 1. The number of hydrogen-bond acceptors (Lipinski definition) is 9. The van der Waals surface area contributed by atoms with Gasteiger partial charge in [-0.3, -0.25) is 9.69 Å². The van der Waals surface area contributed by atoms with E-state index in [9.17, 15) is 13.6 Å². The Hall–Kier alpha value is -3.64. The van der Waals surface area contributed by atoms with Crippen molar-refractivity contribution >= 4 is 23.2 Å². The van der Waals surface area contributed by atoms with E-state index >= 15 is 0 Å². The Morgan fingerprint density at radius 2 is 1.86 bits per heavy atom. The van der Waals surface area contributed by atoms with E-state index in [1.54, 1.807) is 18.3 Å². The van der Waals surface area contributed by atoms with Crippen LogP contribution in [0.4, 0.5) is 26.1 Å². The molecule has 0 saturated carbocycles. The zero-order chi connectivity index (χ0) is 26.2. The first-order valence-corrected chi connectivity index (χ1v) is 12.2. The summed E-state index contributed by atoms with van der Waals surface area (Å²) in [6.45, 7) is 6.37. The van der Waals surface area contributed by atoms with Gasteiger partial charge in [0.05, 0.1) is 29.3 Å². The Balaban J connectivity index is 1.48. The SMILES string of the molecule is CCc1cc(Nc2cc(NC(C)=O)ncc2-c2cc(CN3C[C@H]4C[C@@H](C3)O4)ncn2)nc(C(C)(F)F)n1. The number of rotatable bonds is 8. The van der Waals surface area contributed by atoms with Gasteiger partial charge in [0.25, 0.3) is 0 Å². The summed E-state index contributed by atoms with van der Waals surface area (Å²) < 4.78 is 33.8. The molecule has 0 radical (unpaired) electrons. The third-order valence-corrected chi connectivity index (χ3v) is 6.22. The lowest BCUT2D eigenvalue weighted by atomic mass is 9.98. The van der Waals surface area contributed by atoms with Crippen LogP contribution in [0.25, 0.3) is 11.3 Å². The van der Waals surface area contributed by atoms with Gasteiger partial charge in [-0.2, -0.15) is 8.78 Å². The maximum atomic E-state index is 14.1. The van der Waals surface area contributed by atoms with Crippen molar-refractivity contribution in [3.05, 3.63) is 47.9 Å². The van der Waals surface area contributed by atoms with Crippen LogP contribution in [0.3, 0.4) is 0 Å². The van der Waals surface area contributed by atoms with Crippen LogP contribution in [0, 0.1) is 0 Å². The lowest BCUT2D eigenvalue weighted by Crippen LogP contribution is -2.56. The number of nitrogens with zero attached hydrogens (tertiary/aromatic N) is 6. The van der Waals surface area contributed by atoms with Crippen LogP contribution in [0.2, 0.25) is 0 Å². The number of halogens is 2. The van der Waals surface area contributed by atoms with Crippen LogP contribution in [-0.2, 0) is 28.4 Å². The number of ether oxygens (including phenoxy) is 1. The Bertz CT molecular complexity index is 1300. The molecule has 10 nitrogen and oxygen atoms in total. The molecule has 3 aromatic rings. The summed E-state index contributed by atoms with van der Waals surface area (Å²) >= 11 is 0. The Morgan fingerprint density at radius 3 is 2.54 bits per heavy atom. The van der Waals surface area contributed by atoms with Crippen LogP contribution < -0.4 is 10.6 Å². The highest BCUT2D eigenvalue weighted by Gasteiger charge is 2.38. The second-order valence-electron chi connectivity index (χ2n) is 9.44. The van der Waals surface area contributed by atoms with Crippen LogP contribution in [-0.4, -0.2) is 61.0 Å². The Labute approximate surface area is 212 Å². The number of hydrogen-bond donors (Lipinski definition) is 2. The largest absolute Gasteiger partial charge is 0.372 e. The molecule has 3 aliphatic heterocycles. The van der Waals surface area contributed by atoms with E-state index in [4.69, 9.17) is 4.74 Å². The Kier molecular flexibility index (Phi) is 6.78. The number of nitrogens with one attached hydrogen (secondary N) is 2. The number of piperidine rings is 1. The molecule has 2 atom stereocenters. The van der Waals surface area contributed by atoms with Crippen molar-refractivity contribution in [1.82, 2.24) is 29.8 Å². The van der Waals surface area contributed by atoms with Crippen LogP contribution >= 0.6 is 0 Å². The van der Waals surface area contributed by atoms with E-state index in [-0.39, 0.29) is 11.7 Å². The first-order valence-electron chi connectivity index (χ1n) is 12.2. The molecule has 194 valence electrons. The maximum Gasteiger partial charge on any atom is 0.303 e. The van der Waals surface area contributed by atoms with Gasteiger partial charge in [-0.1, -0.05) is 6.92 Å². The first-order chi connectivity index (χ1) is 17.7. The molecule has 1 amide bonds. The molecule has 12 heteroatoms. The van der Waals surface area contributed by atoms with Crippen molar-refractivity contribution in [2.75, 3.05) is 23.7 Å². The van der Waals surface area contributed by atoms with Gasteiger partial charge in [0.2, 0.25) is 11.7 Å². The summed E-state index contributed by atoms with van der Waals surface area (Å²) in [6, 6.07) is 5.11. The summed E-state index contributed by atoms with van der Waals surface area (Å²) in [5.41, 5.74) is 3.00. The van der Waals surface area contributed by atoms with Crippen molar-refractivity contribution in [1.29, 1.82) is 0 Å². The van der Waals surface area contributed by atoms with Gasteiger partial charge >= 0.3 is 5.92 Å². The second kappa shape index (κ2) is 10.0. The lowest BCUT2D eigenvalue weighted by Gasteiger charge is -2.47. The standard InChI is InChI=1S/C25H28F2N8O2/c1-4-15-6-23(34-24(32-15)25(3,26)27)33-21-8-22(31-14(2)36)28-9-19(21)20-5-16(29-13-30-20)10-35-11-17-7-18(12-35)37-17/h5-6,8-9,13,17-18H,4,7,10-12H2,1-3H3,(H2,28,31,32,33,34,36)/t17-,18+. The average Bonchev–Trinajstić information content (AvgIpc) is 2.83. The minimum atomic E-state index is -3.20. The molecule has 3 saturated heterocycles. The summed E-state index contributed by atoms with van der Waals surface area (Å²) in [4.78, 5) is 35.2. The number of pyridine rings is 1. The highest BCUT2D eigenvalue weighted by Crippen LogP contribution is 2.33. The van der Waals surface area contributed by atoms with E-state index in [0.29, 0.717) is 53.6 Å². The smallest absolute Gasteiger partial charge is 0.303 e. The zero-order valence-corrected chi connectivity index (χ0v) is 20.8. The van der Waals surface area contributed by atoms with E-state index in [2.05, 4.69) is 40.5 Å². The predicted octanol–water partition coefficient (Wildman–Crippen LogP) is 3.68. The highest BCUT2D eigenvalue weighted by molar-refractivity contribution is 5.89.